The van der Waals surface area contributed by atoms with Gasteiger partial charge >= 0.3 is 0 Å². The molecule has 1 atom stereocenters. The summed E-state index contributed by atoms with van der Waals surface area (Å²) in [5, 5.41) is 0. The molecule has 0 spiro atoms. The molecule has 2 N–H and O–H groups in total. The van der Waals surface area contributed by atoms with Crippen molar-refractivity contribution in [3.05, 3.63) is 17.7 Å². The van der Waals surface area contributed by atoms with Crippen LogP contribution in [0.1, 0.15) is 24.9 Å². The van der Waals surface area contributed by atoms with E-state index in [4.69, 9.17) is 5.73 Å². The molecule has 1 aliphatic heterocycles. The van der Waals surface area contributed by atoms with Crippen LogP contribution in [0, 0.1) is 5.92 Å². The topological polar surface area (TPSA) is 43.8 Å². The first-order valence-corrected chi connectivity index (χ1v) is 5.04. The second-order valence-corrected chi connectivity index (χ2v) is 3.96. The predicted octanol–water partition coefficient (Wildman–Crippen LogP) is 0.967. The Morgan fingerprint density at radius 3 is 3.31 bits per heavy atom. The molecule has 13 heavy (non-hydrogen) atoms. The maximum absolute atomic E-state index is 5.53. The molecule has 0 radical (unpaired) electrons. The lowest BCUT2D eigenvalue weighted by atomic mass is 10.0. The average molecular weight is 179 g/mol. The molecule has 1 aliphatic rings. The van der Waals surface area contributed by atoms with Crippen molar-refractivity contribution in [3.63, 3.8) is 0 Å². The van der Waals surface area contributed by atoms with E-state index in [-0.39, 0.29) is 0 Å². The maximum Gasteiger partial charge on any atom is 0.110 e. The number of rotatable bonds is 2. The number of aryl methyl sites for hydroxylation is 1. The summed E-state index contributed by atoms with van der Waals surface area (Å²) in [6.45, 7) is 4.13. The summed E-state index contributed by atoms with van der Waals surface area (Å²) in [7, 11) is 0. The average Bonchev–Trinajstić information content (AvgIpc) is 2.49. The molecule has 1 unspecified atom stereocenters. The van der Waals surface area contributed by atoms with Crippen LogP contribution in [-0.4, -0.2) is 16.1 Å². The number of hydrogen-bond acceptors (Lipinski definition) is 2. The van der Waals surface area contributed by atoms with Crippen LogP contribution in [0.2, 0.25) is 0 Å². The van der Waals surface area contributed by atoms with Gasteiger partial charge in [0.25, 0.3) is 0 Å². The maximum atomic E-state index is 5.53. The van der Waals surface area contributed by atoms with Gasteiger partial charge < -0.3 is 10.3 Å². The fraction of sp³-hybridized carbons (Fsp3) is 0.700. The Bertz CT molecular complexity index is 290. The standard InChI is InChI=1S/C10H17N3/c1-8-2-3-9-6-12-10(4-5-11)13(9)7-8/h6,8H,2-5,7,11H2,1H3. The summed E-state index contributed by atoms with van der Waals surface area (Å²) >= 11 is 0. The van der Waals surface area contributed by atoms with Gasteiger partial charge in [0, 0.05) is 24.9 Å². The van der Waals surface area contributed by atoms with Crippen LogP contribution in [0.3, 0.4) is 0 Å². The van der Waals surface area contributed by atoms with Crippen LogP contribution in [0.4, 0.5) is 0 Å². The molecule has 72 valence electrons. The van der Waals surface area contributed by atoms with E-state index >= 15 is 0 Å². The van der Waals surface area contributed by atoms with Crippen LogP contribution in [0.5, 0.6) is 0 Å². The fourth-order valence-electron chi connectivity index (χ4n) is 2.00. The quantitative estimate of drug-likeness (QED) is 0.735. The molecule has 0 fully saturated rings. The van der Waals surface area contributed by atoms with Crippen molar-refractivity contribution in [1.82, 2.24) is 9.55 Å². The Labute approximate surface area is 79.0 Å². The third-order valence-corrected chi connectivity index (χ3v) is 2.78. The van der Waals surface area contributed by atoms with Crippen molar-refractivity contribution < 1.29 is 0 Å². The van der Waals surface area contributed by atoms with Crippen molar-refractivity contribution >= 4 is 0 Å². The molecule has 3 nitrogen and oxygen atoms in total. The zero-order valence-corrected chi connectivity index (χ0v) is 8.16. The van der Waals surface area contributed by atoms with Gasteiger partial charge in [-0.2, -0.15) is 0 Å². The Balaban J connectivity index is 2.25. The number of aromatic nitrogens is 2. The number of imidazole rings is 1. The van der Waals surface area contributed by atoms with Crippen molar-refractivity contribution in [2.45, 2.75) is 32.7 Å². The first-order valence-electron chi connectivity index (χ1n) is 5.04. The van der Waals surface area contributed by atoms with E-state index in [1.165, 1.54) is 24.4 Å². The highest BCUT2D eigenvalue weighted by Gasteiger charge is 2.17. The Morgan fingerprint density at radius 2 is 2.54 bits per heavy atom. The van der Waals surface area contributed by atoms with E-state index < -0.39 is 0 Å². The summed E-state index contributed by atoms with van der Waals surface area (Å²) in [6.07, 6.45) is 5.40. The second kappa shape index (κ2) is 3.50. The lowest BCUT2D eigenvalue weighted by molar-refractivity contribution is 0.391. The zero-order chi connectivity index (χ0) is 9.26. The highest BCUT2D eigenvalue weighted by molar-refractivity contribution is 5.08. The van der Waals surface area contributed by atoms with Gasteiger partial charge in [0.2, 0.25) is 0 Å². The summed E-state index contributed by atoms with van der Waals surface area (Å²) in [4.78, 5) is 4.40. The number of nitrogens with two attached hydrogens (primary N) is 1. The molecule has 3 heteroatoms. The first kappa shape index (κ1) is 8.75. The molecule has 0 saturated carbocycles. The second-order valence-electron chi connectivity index (χ2n) is 3.96. The molecule has 0 aromatic carbocycles. The van der Waals surface area contributed by atoms with E-state index in [1.807, 2.05) is 6.20 Å². The van der Waals surface area contributed by atoms with Gasteiger partial charge in [-0.25, -0.2) is 4.98 Å². The summed E-state index contributed by atoms with van der Waals surface area (Å²) in [5.74, 6) is 1.96. The van der Waals surface area contributed by atoms with E-state index in [0.717, 1.165) is 18.9 Å². The fourth-order valence-corrected chi connectivity index (χ4v) is 2.00. The smallest absolute Gasteiger partial charge is 0.110 e. The third-order valence-electron chi connectivity index (χ3n) is 2.78. The summed E-state index contributed by atoms with van der Waals surface area (Å²) in [6, 6.07) is 0. The van der Waals surface area contributed by atoms with Gasteiger partial charge in [-0.1, -0.05) is 6.92 Å². The number of hydrogen-bond donors (Lipinski definition) is 1. The van der Waals surface area contributed by atoms with Crippen LogP contribution in [0.15, 0.2) is 6.20 Å². The molecule has 0 saturated heterocycles. The zero-order valence-electron chi connectivity index (χ0n) is 8.16. The Hall–Kier alpha value is -0.830. The SMILES string of the molecule is CC1CCc2cnc(CCN)n2C1. The van der Waals surface area contributed by atoms with E-state index in [9.17, 15) is 0 Å². The third kappa shape index (κ3) is 1.61. The lowest BCUT2D eigenvalue weighted by Crippen LogP contribution is -2.20. The van der Waals surface area contributed by atoms with Gasteiger partial charge in [0.05, 0.1) is 0 Å². The minimum Gasteiger partial charge on any atom is -0.332 e. The Morgan fingerprint density at radius 1 is 1.69 bits per heavy atom. The van der Waals surface area contributed by atoms with Gasteiger partial charge in [0.15, 0.2) is 0 Å². The van der Waals surface area contributed by atoms with Gasteiger partial charge in [-0.05, 0) is 25.3 Å². The molecule has 0 bridgehead atoms. The van der Waals surface area contributed by atoms with Crippen LogP contribution < -0.4 is 5.73 Å². The van der Waals surface area contributed by atoms with Crippen molar-refractivity contribution in [2.24, 2.45) is 11.7 Å². The van der Waals surface area contributed by atoms with Crippen LogP contribution in [0.25, 0.3) is 0 Å². The summed E-state index contributed by atoms with van der Waals surface area (Å²) in [5.41, 5.74) is 6.92. The van der Waals surface area contributed by atoms with Gasteiger partial charge in [0.1, 0.15) is 5.82 Å². The number of fused-ring (bicyclic) bond motifs is 1. The predicted molar refractivity (Wildman–Crippen MR) is 52.5 cm³/mol. The van der Waals surface area contributed by atoms with Crippen LogP contribution in [-0.2, 0) is 19.4 Å². The first-order chi connectivity index (χ1) is 6.31. The molecule has 1 aromatic heterocycles. The van der Waals surface area contributed by atoms with Crippen molar-refractivity contribution in [3.8, 4) is 0 Å². The van der Waals surface area contributed by atoms with Crippen molar-refractivity contribution in [2.75, 3.05) is 6.54 Å². The largest absolute Gasteiger partial charge is 0.332 e. The lowest BCUT2D eigenvalue weighted by Gasteiger charge is -2.22. The molecule has 2 heterocycles. The van der Waals surface area contributed by atoms with E-state index in [1.54, 1.807) is 0 Å². The monoisotopic (exact) mass is 179 g/mol. The normalized spacial score (nSPS) is 21.5. The van der Waals surface area contributed by atoms with Gasteiger partial charge in [-0.3, -0.25) is 0 Å². The highest BCUT2D eigenvalue weighted by atomic mass is 15.1. The molecule has 0 amide bonds. The number of nitrogens with zero attached hydrogens (tertiary/aromatic N) is 2. The van der Waals surface area contributed by atoms with Gasteiger partial charge in [-0.15, -0.1) is 0 Å². The van der Waals surface area contributed by atoms with Crippen LogP contribution >= 0.6 is 0 Å². The highest BCUT2D eigenvalue weighted by Crippen LogP contribution is 2.20. The van der Waals surface area contributed by atoms with Crippen molar-refractivity contribution in [1.29, 1.82) is 0 Å². The minimum atomic E-state index is 0.699. The molecule has 2 rings (SSSR count). The molecular formula is C10H17N3. The van der Waals surface area contributed by atoms with E-state index in [0.29, 0.717) is 6.54 Å². The molecule has 1 aromatic rings. The molecular weight excluding hydrogens is 162 g/mol. The molecule has 0 aliphatic carbocycles. The Kier molecular flexibility index (Phi) is 2.36. The van der Waals surface area contributed by atoms with E-state index in [2.05, 4.69) is 16.5 Å². The minimum absolute atomic E-state index is 0.699. The summed E-state index contributed by atoms with van der Waals surface area (Å²) < 4.78 is 2.35.